The smallest absolute Gasteiger partial charge is 0.163 e. The van der Waals surface area contributed by atoms with Gasteiger partial charge in [-0.1, -0.05) is 12.1 Å². The molecule has 18 heavy (non-hydrogen) atoms. The Morgan fingerprint density at radius 2 is 2.00 bits per heavy atom. The van der Waals surface area contributed by atoms with Gasteiger partial charge in [0.1, 0.15) is 0 Å². The van der Waals surface area contributed by atoms with E-state index in [1.165, 1.54) is 6.92 Å². The van der Waals surface area contributed by atoms with Crippen molar-refractivity contribution < 1.29 is 13.5 Å². The first kappa shape index (κ1) is 13.4. The lowest BCUT2D eigenvalue weighted by atomic mass is 9.97. The number of benzene rings is 1. The molecule has 1 aromatic carbocycles. The van der Waals surface area contributed by atoms with Gasteiger partial charge in [-0.15, -0.1) is 0 Å². The quantitative estimate of drug-likeness (QED) is 0.877. The molecule has 0 heterocycles. The van der Waals surface area contributed by atoms with Gasteiger partial charge in [0.2, 0.25) is 0 Å². The third-order valence-corrected chi connectivity index (χ3v) is 3.46. The summed E-state index contributed by atoms with van der Waals surface area (Å²) in [4.78, 5) is 0. The second-order valence-corrected chi connectivity index (χ2v) is 4.88. The first-order valence-corrected chi connectivity index (χ1v) is 6.38. The first-order valence-electron chi connectivity index (χ1n) is 6.38. The number of rotatable bonds is 5. The van der Waals surface area contributed by atoms with Crippen molar-refractivity contribution in [2.75, 3.05) is 6.61 Å². The summed E-state index contributed by atoms with van der Waals surface area (Å²) in [6, 6.07) is 2.52. The second-order valence-electron chi connectivity index (χ2n) is 4.88. The number of aryl methyl sites for hydroxylation is 1. The maximum absolute atomic E-state index is 13.9. The van der Waals surface area contributed by atoms with Crippen LogP contribution >= 0.6 is 0 Å². The van der Waals surface area contributed by atoms with Crippen molar-refractivity contribution in [2.45, 2.75) is 38.8 Å². The van der Waals surface area contributed by atoms with E-state index in [0.717, 1.165) is 12.8 Å². The van der Waals surface area contributed by atoms with Crippen LogP contribution in [0.2, 0.25) is 0 Å². The summed E-state index contributed by atoms with van der Waals surface area (Å²) >= 11 is 0. The minimum Gasteiger partial charge on any atom is -0.376 e. The number of halogens is 2. The Hall–Kier alpha value is -1.00. The van der Waals surface area contributed by atoms with Crippen LogP contribution in [0.25, 0.3) is 0 Å². The fourth-order valence-electron chi connectivity index (χ4n) is 2.25. The third kappa shape index (κ3) is 2.54. The molecule has 0 radical (unpaired) electrons. The van der Waals surface area contributed by atoms with E-state index < -0.39 is 17.7 Å². The second kappa shape index (κ2) is 5.33. The number of hydrogen-bond donors (Lipinski definition) is 1. The summed E-state index contributed by atoms with van der Waals surface area (Å²) in [5.74, 6) is -1.27. The Balaban J connectivity index is 2.26. The van der Waals surface area contributed by atoms with Crippen LogP contribution in [0.5, 0.6) is 0 Å². The van der Waals surface area contributed by atoms with E-state index >= 15 is 0 Å². The minimum atomic E-state index is -0.840. The predicted molar refractivity (Wildman–Crippen MR) is 66.2 cm³/mol. The SMILES string of the molecule is CCOC(C1CC1)C(N)c1ccc(C)c(F)c1F. The molecule has 0 saturated heterocycles. The van der Waals surface area contributed by atoms with Crippen LogP contribution in [0.3, 0.4) is 0 Å². The predicted octanol–water partition coefficient (Wildman–Crippen LogP) is 3.09. The maximum Gasteiger partial charge on any atom is 0.163 e. The van der Waals surface area contributed by atoms with Crippen LogP contribution in [0.15, 0.2) is 12.1 Å². The van der Waals surface area contributed by atoms with Gasteiger partial charge in [0.15, 0.2) is 11.6 Å². The summed E-state index contributed by atoms with van der Waals surface area (Å²) in [6.45, 7) is 3.95. The van der Waals surface area contributed by atoms with Crippen molar-refractivity contribution in [3.05, 3.63) is 34.9 Å². The van der Waals surface area contributed by atoms with Gasteiger partial charge in [-0.3, -0.25) is 0 Å². The summed E-state index contributed by atoms with van der Waals surface area (Å²) in [5, 5.41) is 0. The van der Waals surface area contributed by atoms with Crippen LogP contribution in [0.4, 0.5) is 8.78 Å². The number of hydrogen-bond acceptors (Lipinski definition) is 2. The highest BCUT2D eigenvalue weighted by molar-refractivity contribution is 5.28. The summed E-state index contributed by atoms with van der Waals surface area (Å²) < 4.78 is 33.0. The topological polar surface area (TPSA) is 35.2 Å². The molecule has 4 heteroatoms. The molecule has 2 nitrogen and oxygen atoms in total. The van der Waals surface area contributed by atoms with Gasteiger partial charge in [0, 0.05) is 12.2 Å². The van der Waals surface area contributed by atoms with E-state index in [0.29, 0.717) is 18.1 Å². The molecule has 1 aliphatic rings. The molecule has 0 spiro atoms. The Bertz CT molecular complexity index is 432. The van der Waals surface area contributed by atoms with E-state index in [2.05, 4.69) is 0 Å². The van der Waals surface area contributed by atoms with Crippen molar-refractivity contribution in [3.8, 4) is 0 Å². The van der Waals surface area contributed by atoms with E-state index in [9.17, 15) is 8.78 Å². The molecular formula is C14H19F2NO. The lowest BCUT2D eigenvalue weighted by Gasteiger charge is -2.24. The summed E-state index contributed by atoms with van der Waals surface area (Å²) in [5.41, 5.74) is 6.56. The van der Waals surface area contributed by atoms with Crippen LogP contribution < -0.4 is 5.73 Å². The van der Waals surface area contributed by atoms with E-state index in [-0.39, 0.29) is 11.7 Å². The molecule has 100 valence electrons. The zero-order chi connectivity index (χ0) is 13.3. The molecule has 2 N–H and O–H groups in total. The number of nitrogens with two attached hydrogens (primary N) is 1. The van der Waals surface area contributed by atoms with Crippen LogP contribution in [-0.4, -0.2) is 12.7 Å². The molecule has 1 saturated carbocycles. The van der Waals surface area contributed by atoms with Crippen molar-refractivity contribution in [1.82, 2.24) is 0 Å². The monoisotopic (exact) mass is 255 g/mol. The van der Waals surface area contributed by atoms with Gasteiger partial charge in [-0.05, 0) is 38.2 Å². The van der Waals surface area contributed by atoms with E-state index in [1.54, 1.807) is 12.1 Å². The molecule has 2 unspecified atom stereocenters. The molecule has 1 aromatic rings. The van der Waals surface area contributed by atoms with Gasteiger partial charge in [0.25, 0.3) is 0 Å². The van der Waals surface area contributed by atoms with Crippen molar-refractivity contribution >= 4 is 0 Å². The first-order chi connectivity index (χ1) is 8.56. The Morgan fingerprint density at radius 3 is 2.56 bits per heavy atom. The fourth-order valence-corrected chi connectivity index (χ4v) is 2.25. The van der Waals surface area contributed by atoms with Gasteiger partial charge >= 0.3 is 0 Å². The van der Waals surface area contributed by atoms with Crippen molar-refractivity contribution in [2.24, 2.45) is 11.7 Å². The van der Waals surface area contributed by atoms with E-state index in [1.807, 2.05) is 6.92 Å². The van der Waals surface area contributed by atoms with E-state index in [4.69, 9.17) is 10.5 Å². The Kier molecular flexibility index (Phi) is 3.97. The minimum absolute atomic E-state index is 0.212. The average molecular weight is 255 g/mol. The standard InChI is InChI=1S/C14H19F2NO/c1-3-18-14(9-5-6-9)13(17)10-7-4-8(2)11(15)12(10)16/h4,7,9,13-14H,3,5-6,17H2,1-2H3. The maximum atomic E-state index is 13.9. The van der Waals surface area contributed by atoms with Gasteiger partial charge in [-0.25, -0.2) is 8.78 Å². The highest BCUT2D eigenvalue weighted by Gasteiger charge is 2.37. The lowest BCUT2D eigenvalue weighted by Crippen LogP contribution is -2.32. The van der Waals surface area contributed by atoms with Gasteiger partial charge in [0.05, 0.1) is 12.1 Å². The molecule has 2 atom stereocenters. The lowest BCUT2D eigenvalue weighted by molar-refractivity contribution is 0.0274. The van der Waals surface area contributed by atoms with Crippen LogP contribution in [-0.2, 0) is 4.74 Å². The molecule has 2 rings (SSSR count). The number of ether oxygens (including phenoxy) is 1. The highest BCUT2D eigenvalue weighted by atomic mass is 19.2. The molecule has 1 aliphatic carbocycles. The molecule has 0 aliphatic heterocycles. The molecule has 1 fully saturated rings. The normalized spacial score (nSPS) is 18.7. The highest BCUT2D eigenvalue weighted by Crippen LogP contribution is 2.39. The average Bonchev–Trinajstić information content (AvgIpc) is 3.17. The summed E-state index contributed by atoms with van der Waals surface area (Å²) in [6.07, 6.45) is 1.88. The van der Waals surface area contributed by atoms with Crippen LogP contribution in [0, 0.1) is 24.5 Å². The molecular weight excluding hydrogens is 236 g/mol. The molecule has 0 aromatic heterocycles. The fraction of sp³-hybridized carbons (Fsp3) is 0.571. The van der Waals surface area contributed by atoms with Gasteiger partial charge < -0.3 is 10.5 Å². The zero-order valence-corrected chi connectivity index (χ0v) is 10.7. The van der Waals surface area contributed by atoms with Crippen molar-refractivity contribution in [3.63, 3.8) is 0 Å². The van der Waals surface area contributed by atoms with Crippen molar-refractivity contribution in [1.29, 1.82) is 0 Å². The largest absolute Gasteiger partial charge is 0.376 e. The zero-order valence-electron chi connectivity index (χ0n) is 10.7. The third-order valence-electron chi connectivity index (χ3n) is 3.46. The van der Waals surface area contributed by atoms with Gasteiger partial charge in [-0.2, -0.15) is 0 Å². The Morgan fingerprint density at radius 1 is 1.33 bits per heavy atom. The summed E-state index contributed by atoms with van der Waals surface area (Å²) in [7, 11) is 0. The van der Waals surface area contributed by atoms with Crippen LogP contribution in [0.1, 0.15) is 36.9 Å². The molecule has 0 amide bonds. The molecule has 0 bridgehead atoms. The Labute approximate surface area is 106 Å².